The largest absolute Gasteiger partial charge is 0.310 e. The van der Waals surface area contributed by atoms with Crippen molar-refractivity contribution < 1.29 is 4.79 Å². The molecule has 1 atom stereocenters. The number of benzene rings is 1. The lowest BCUT2D eigenvalue weighted by Gasteiger charge is -2.18. The molecule has 0 N–H and O–H groups in total. The number of para-hydroxylation sites is 1. The molecule has 0 bridgehead atoms. The second-order valence-electron chi connectivity index (χ2n) is 4.97. The second kappa shape index (κ2) is 4.86. The third kappa shape index (κ3) is 1.98. The number of carbonyl (C=O) groups is 1. The van der Waals surface area contributed by atoms with E-state index in [0.717, 1.165) is 16.6 Å². The Hall–Kier alpha value is -2.53. The van der Waals surface area contributed by atoms with Crippen LogP contribution in [0.15, 0.2) is 29.5 Å². The Morgan fingerprint density at radius 2 is 2.40 bits per heavy atom. The van der Waals surface area contributed by atoms with Gasteiger partial charge >= 0.3 is 0 Å². The van der Waals surface area contributed by atoms with Gasteiger partial charge in [0.1, 0.15) is 0 Å². The van der Waals surface area contributed by atoms with E-state index in [1.807, 2.05) is 25.2 Å². The average molecular weight is 270 g/mol. The first-order valence-electron chi connectivity index (χ1n) is 6.42. The minimum Gasteiger partial charge on any atom is -0.310 e. The van der Waals surface area contributed by atoms with E-state index in [2.05, 4.69) is 15.1 Å². The standard InChI is InChI=1S/C13H14N6O/c1-18-13-10(7-16-18)3-2-4-11(13)19-8-9(5-12(19)20)6-15-17-14/h2-4,7,9H,5-6,8H2,1H3. The number of fused-ring (bicyclic) bond motifs is 1. The second-order valence-corrected chi connectivity index (χ2v) is 4.97. The smallest absolute Gasteiger partial charge is 0.227 e. The fourth-order valence-electron chi connectivity index (χ4n) is 2.72. The fraction of sp³-hybridized carbons (Fsp3) is 0.385. The number of anilines is 1. The lowest BCUT2D eigenvalue weighted by Crippen LogP contribution is -2.25. The topological polar surface area (TPSA) is 86.9 Å². The molecule has 0 aliphatic carbocycles. The number of nitrogens with zero attached hydrogens (tertiary/aromatic N) is 6. The van der Waals surface area contributed by atoms with Crippen molar-refractivity contribution in [1.82, 2.24) is 9.78 Å². The lowest BCUT2D eigenvalue weighted by molar-refractivity contribution is -0.117. The number of carbonyl (C=O) groups excluding carboxylic acids is 1. The van der Waals surface area contributed by atoms with Crippen LogP contribution in [0.3, 0.4) is 0 Å². The summed E-state index contributed by atoms with van der Waals surface area (Å²) in [6, 6.07) is 5.83. The van der Waals surface area contributed by atoms with Crippen molar-refractivity contribution >= 4 is 22.5 Å². The van der Waals surface area contributed by atoms with Crippen LogP contribution in [-0.2, 0) is 11.8 Å². The van der Waals surface area contributed by atoms with Crippen molar-refractivity contribution in [2.24, 2.45) is 18.1 Å². The third-order valence-corrected chi connectivity index (χ3v) is 3.64. The number of aryl methyl sites for hydroxylation is 1. The molecule has 2 aromatic rings. The summed E-state index contributed by atoms with van der Waals surface area (Å²) in [5, 5.41) is 8.81. The SMILES string of the molecule is Cn1ncc2cccc(N3CC(CN=[N+]=[N-])CC3=O)c21. The molecule has 1 aromatic carbocycles. The maximum Gasteiger partial charge on any atom is 0.227 e. The van der Waals surface area contributed by atoms with Crippen molar-refractivity contribution in [3.05, 3.63) is 34.8 Å². The van der Waals surface area contributed by atoms with E-state index >= 15 is 0 Å². The molecule has 1 aromatic heterocycles. The molecule has 20 heavy (non-hydrogen) atoms. The van der Waals surface area contributed by atoms with Crippen LogP contribution >= 0.6 is 0 Å². The van der Waals surface area contributed by atoms with Gasteiger partial charge in [0.15, 0.2) is 0 Å². The lowest BCUT2D eigenvalue weighted by atomic mass is 10.1. The van der Waals surface area contributed by atoms with Crippen LogP contribution in [0.5, 0.6) is 0 Å². The Kier molecular flexibility index (Phi) is 3.04. The number of azide groups is 1. The van der Waals surface area contributed by atoms with Gasteiger partial charge in [0, 0.05) is 36.9 Å². The Morgan fingerprint density at radius 3 is 3.20 bits per heavy atom. The molecule has 1 fully saturated rings. The maximum atomic E-state index is 12.2. The number of rotatable bonds is 3. The van der Waals surface area contributed by atoms with Crippen molar-refractivity contribution in [3.8, 4) is 0 Å². The Morgan fingerprint density at radius 1 is 1.55 bits per heavy atom. The van der Waals surface area contributed by atoms with Crippen molar-refractivity contribution in [2.45, 2.75) is 6.42 Å². The summed E-state index contributed by atoms with van der Waals surface area (Å²) >= 11 is 0. The van der Waals surface area contributed by atoms with Gasteiger partial charge in [0.2, 0.25) is 5.91 Å². The van der Waals surface area contributed by atoms with Gasteiger partial charge in [0.05, 0.1) is 17.4 Å². The van der Waals surface area contributed by atoms with Gasteiger partial charge in [-0.2, -0.15) is 5.10 Å². The summed E-state index contributed by atoms with van der Waals surface area (Å²) in [4.78, 5) is 16.7. The minimum atomic E-state index is 0.0665. The molecule has 102 valence electrons. The zero-order valence-corrected chi connectivity index (χ0v) is 11.1. The predicted octanol–water partition coefficient (Wildman–Crippen LogP) is 2.24. The van der Waals surface area contributed by atoms with Crippen molar-refractivity contribution in [1.29, 1.82) is 0 Å². The molecule has 1 aliphatic heterocycles. The normalized spacial score (nSPS) is 18.6. The highest BCUT2D eigenvalue weighted by Crippen LogP contribution is 2.31. The van der Waals surface area contributed by atoms with Crippen LogP contribution in [-0.4, -0.2) is 28.8 Å². The molecule has 7 heteroatoms. The van der Waals surface area contributed by atoms with E-state index in [1.54, 1.807) is 15.8 Å². The number of hydrogen-bond acceptors (Lipinski definition) is 3. The number of amides is 1. The molecule has 1 saturated heterocycles. The van der Waals surface area contributed by atoms with E-state index in [0.29, 0.717) is 19.5 Å². The molecule has 1 amide bonds. The summed E-state index contributed by atoms with van der Waals surface area (Å²) < 4.78 is 1.78. The van der Waals surface area contributed by atoms with Gasteiger partial charge in [0.25, 0.3) is 0 Å². The van der Waals surface area contributed by atoms with Gasteiger partial charge in [-0.15, -0.1) is 0 Å². The first-order chi connectivity index (χ1) is 9.70. The molecule has 7 nitrogen and oxygen atoms in total. The van der Waals surface area contributed by atoms with E-state index in [9.17, 15) is 4.79 Å². The number of aromatic nitrogens is 2. The molecule has 0 radical (unpaired) electrons. The minimum absolute atomic E-state index is 0.0665. The summed E-state index contributed by atoms with van der Waals surface area (Å²) in [6.07, 6.45) is 2.21. The summed E-state index contributed by atoms with van der Waals surface area (Å²) in [6.45, 7) is 0.947. The highest BCUT2D eigenvalue weighted by molar-refractivity contribution is 6.03. The monoisotopic (exact) mass is 270 g/mol. The first-order valence-corrected chi connectivity index (χ1v) is 6.42. The quantitative estimate of drug-likeness (QED) is 0.486. The van der Waals surface area contributed by atoms with Gasteiger partial charge in [-0.1, -0.05) is 17.2 Å². The summed E-state index contributed by atoms with van der Waals surface area (Å²) in [5.41, 5.74) is 10.2. The molecule has 0 spiro atoms. The van der Waals surface area contributed by atoms with Crippen molar-refractivity contribution in [2.75, 3.05) is 18.0 Å². The molecular formula is C13H14N6O. The van der Waals surface area contributed by atoms with Crippen LogP contribution in [0.4, 0.5) is 5.69 Å². The molecule has 1 aliphatic rings. The maximum absolute atomic E-state index is 12.2. The van der Waals surface area contributed by atoms with Gasteiger partial charge < -0.3 is 4.90 Å². The molecule has 1 unspecified atom stereocenters. The Balaban J connectivity index is 1.97. The van der Waals surface area contributed by atoms with E-state index in [1.165, 1.54) is 0 Å². The zero-order valence-electron chi connectivity index (χ0n) is 11.1. The van der Waals surface area contributed by atoms with Crippen LogP contribution in [0, 0.1) is 5.92 Å². The highest BCUT2D eigenvalue weighted by Gasteiger charge is 2.31. The van der Waals surface area contributed by atoms with Crippen LogP contribution in [0.1, 0.15) is 6.42 Å². The van der Waals surface area contributed by atoms with E-state index in [-0.39, 0.29) is 11.8 Å². The van der Waals surface area contributed by atoms with Crippen LogP contribution in [0.2, 0.25) is 0 Å². The fourth-order valence-corrected chi connectivity index (χ4v) is 2.72. The average Bonchev–Trinajstić information content (AvgIpc) is 3.00. The Labute approximate surface area is 115 Å². The van der Waals surface area contributed by atoms with Crippen LogP contribution < -0.4 is 4.90 Å². The van der Waals surface area contributed by atoms with E-state index < -0.39 is 0 Å². The van der Waals surface area contributed by atoms with Gasteiger partial charge in [-0.05, 0) is 17.5 Å². The summed E-state index contributed by atoms with van der Waals surface area (Å²) in [7, 11) is 1.86. The predicted molar refractivity (Wildman–Crippen MR) is 75.2 cm³/mol. The highest BCUT2D eigenvalue weighted by atomic mass is 16.2. The summed E-state index contributed by atoms with van der Waals surface area (Å²) in [5.74, 6) is 0.152. The van der Waals surface area contributed by atoms with Crippen LogP contribution in [0.25, 0.3) is 21.3 Å². The van der Waals surface area contributed by atoms with Crippen molar-refractivity contribution in [3.63, 3.8) is 0 Å². The van der Waals surface area contributed by atoms with Gasteiger partial charge in [-0.3, -0.25) is 9.48 Å². The molecular weight excluding hydrogens is 256 g/mol. The first kappa shape index (κ1) is 12.5. The van der Waals surface area contributed by atoms with Gasteiger partial charge in [-0.25, -0.2) is 0 Å². The molecule has 2 heterocycles. The molecule has 0 saturated carbocycles. The third-order valence-electron chi connectivity index (χ3n) is 3.64. The Bertz CT molecular complexity index is 715. The molecule has 3 rings (SSSR count). The zero-order chi connectivity index (χ0) is 14.1. The van der Waals surface area contributed by atoms with E-state index in [4.69, 9.17) is 5.53 Å². The number of hydrogen-bond donors (Lipinski definition) is 0.